The lowest BCUT2D eigenvalue weighted by Gasteiger charge is -2.27. The molecule has 0 bridgehead atoms. The van der Waals surface area contributed by atoms with Gasteiger partial charge in [0.05, 0.1) is 5.92 Å². The molecule has 0 amide bonds. The van der Waals surface area contributed by atoms with E-state index >= 15 is 0 Å². The maximum Gasteiger partial charge on any atom is 0.306 e. The molecule has 2 N–H and O–H groups in total. The van der Waals surface area contributed by atoms with Gasteiger partial charge in [0.25, 0.3) is 0 Å². The maximum atomic E-state index is 12.4. The van der Waals surface area contributed by atoms with Gasteiger partial charge >= 0.3 is 5.97 Å². The summed E-state index contributed by atoms with van der Waals surface area (Å²) < 4.78 is 12.4. The largest absolute Gasteiger partial charge is 0.481 e. The predicted molar refractivity (Wildman–Crippen MR) is 105 cm³/mol. The van der Waals surface area contributed by atoms with Gasteiger partial charge in [-0.05, 0) is 48.9 Å². The molecule has 0 radical (unpaired) electrons. The van der Waals surface area contributed by atoms with Gasteiger partial charge in [0.1, 0.15) is 0 Å². The molecule has 0 aliphatic heterocycles. The fraction of sp³-hybridized carbons (Fsp3) is 0.381. The molecule has 1 atom stereocenters. The van der Waals surface area contributed by atoms with Gasteiger partial charge in [-0.1, -0.05) is 42.5 Å². The van der Waals surface area contributed by atoms with E-state index in [1.165, 1.54) is 0 Å². The summed E-state index contributed by atoms with van der Waals surface area (Å²) in [5, 5.41) is 12.6. The minimum Gasteiger partial charge on any atom is -0.481 e. The predicted octanol–water partition coefficient (Wildman–Crippen LogP) is 4.19. The molecule has 0 aromatic heterocycles. The highest BCUT2D eigenvalue weighted by atomic mass is 32.2. The molecular weight excluding hydrogens is 346 g/mol. The Morgan fingerprint density at radius 2 is 1.62 bits per heavy atom. The molecule has 1 saturated carbocycles. The smallest absolute Gasteiger partial charge is 0.306 e. The number of hydrogen-bond acceptors (Lipinski definition) is 3. The van der Waals surface area contributed by atoms with Crippen LogP contribution in [-0.4, -0.2) is 21.3 Å². The van der Waals surface area contributed by atoms with Crippen molar-refractivity contribution in [3.05, 3.63) is 65.7 Å². The molecule has 1 aliphatic rings. The fourth-order valence-corrected chi connectivity index (χ4v) is 4.69. The molecule has 4 nitrogen and oxygen atoms in total. The van der Waals surface area contributed by atoms with Gasteiger partial charge < -0.3 is 10.4 Å². The Kier molecular flexibility index (Phi) is 6.45. The van der Waals surface area contributed by atoms with E-state index in [2.05, 4.69) is 11.4 Å². The summed E-state index contributed by atoms with van der Waals surface area (Å²) in [5.41, 5.74) is 3.18. The minimum atomic E-state index is -0.940. The van der Waals surface area contributed by atoms with E-state index in [9.17, 15) is 9.00 Å². The number of carboxylic acid groups (broad SMARTS) is 1. The van der Waals surface area contributed by atoms with Gasteiger partial charge in [-0.25, -0.2) is 0 Å². The molecule has 1 aliphatic carbocycles. The van der Waals surface area contributed by atoms with Crippen LogP contribution in [0.2, 0.25) is 0 Å². The third-order valence-electron chi connectivity index (χ3n) is 4.87. The van der Waals surface area contributed by atoms with Crippen molar-refractivity contribution in [3.63, 3.8) is 0 Å². The van der Waals surface area contributed by atoms with Crippen molar-refractivity contribution in [2.24, 2.45) is 5.92 Å². The van der Waals surface area contributed by atoms with Crippen molar-refractivity contribution in [1.82, 2.24) is 0 Å². The second kappa shape index (κ2) is 8.99. The Labute approximate surface area is 157 Å². The van der Waals surface area contributed by atoms with Crippen molar-refractivity contribution in [1.29, 1.82) is 0 Å². The highest BCUT2D eigenvalue weighted by Gasteiger charge is 2.25. The third kappa shape index (κ3) is 5.43. The number of carboxylic acids is 1. The highest BCUT2D eigenvalue weighted by molar-refractivity contribution is 7.83. The van der Waals surface area contributed by atoms with E-state index in [-0.39, 0.29) is 5.92 Å². The van der Waals surface area contributed by atoms with Crippen molar-refractivity contribution in [3.8, 4) is 0 Å². The minimum absolute atomic E-state index is 0.195. The summed E-state index contributed by atoms with van der Waals surface area (Å²) in [5.74, 6) is 0.236. The molecule has 1 fully saturated rings. The van der Waals surface area contributed by atoms with E-state index in [4.69, 9.17) is 5.11 Å². The summed E-state index contributed by atoms with van der Waals surface area (Å²) in [6, 6.07) is 18.3. The van der Waals surface area contributed by atoms with Crippen molar-refractivity contribution >= 4 is 22.5 Å². The average Bonchev–Trinajstić information content (AvgIpc) is 2.63. The summed E-state index contributed by atoms with van der Waals surface area (Å²) in [6.45, 7) is 0. The first kappa shape index (κ1) is 18.6. The molecule has 2 aromatic carbocycles. The molecule has 2 aromatic rings. The third-order valence-corrected chi connectivity index (χ3v) is 6.18. The van der Waals surface area contributed by atoms with Crippen molar-refractivity contribution < 1.29 is 14.1 Å². The normalized spacial score (nSPS) is 21.1. The maximum absolute atomic E-state index is 12.4. The van der Waals surface area contributed by atoms with Gasteiger partial charge in [0, 0.05) is 34.0 Å². The zero-order valence-electron chi connectivity index (χ0n) is 14.8. The highest BCUT2D eigenvalue weighted by Crippen LogP contribution is 2.27. The van der Waals surface area contributed by atoms with E-state index < -0.39 is 16.8 Å². The number of nitrogens with one attached hydrogen (secondary N) is 1. The molecule has 0 heterocycles. The number of benzene rings is 2. The SMILES string of the molecule is O=C(O)C1CCC(Nc2cccc(CS(=O)Cc3ccccc3)c2)CC1. The summed E-state index contributed by atoms with van der Waals surface area (Å²) in [6.07, 6.45) is 3.21. The topological polar surface area (TPSA) is 66.4 Å². The molecule has 5 heteroatoms. The Morgan fingerprint density at radius 1 is 0.962 bits per heavy atom. The Balaban J connectivity index is 1.53. The first-order valence-corrected chi connectivity index (χ1v) is 10.6. The standard InChI is InChI=1S/C21H25NO3S/c23-21(24)18-9-11-19(12-10-18)22-20-8-4-7-17(13-20)15-26(25)14-16-5-2-1-3-6-16/h1-8,13,18-19,22H,9-12,14-15H2,(H,23,24). The second-order valence-corrected chi connectivity index (χ2v) is 8.40. The van der Waals surface area contributed by atoms with E-state index in [1.54, 1.807) is 0 Å². The van der Waals surface area contributed by atoms with Crippen LogP contribution in [0.15, 0.2) is 54.6 Å². The molecule has 0 spiro atoms. The van der Waals surface area contributed by atoms with Crippen LogP contribution in [0.4, 0.5) is 5.69 Å². The van der Waals surface area contributed by atoms with Gasteiger partial charge in [-0.2, -0.15) is 0 Å². The van der Waals surface area contributed by atoms with Crippen molar-refractivity contribution in [2.45, 2.75) is 43.2 Å². The number of carbonyl (C=O) groups is 1. The molecule has 26 heavy (non-hydrogen) atoms. The zero-order chi connectivity index (χ0) is 18.4. The first-order chi connectivity index (χ1) is 12.6. The first-order valence-electron chi connectivity index (χ1n) is 9.07. The quantitative estimate of drug-likeness (QED) is 0.766. The number of rotatable bonds is 7. The van der Waals surface area contributed by atoms with Crippen LogP contribution >= 0.6 is 0 Å². The molecule has 138 valence electrons. The summed E-state index contributed by atoms with van der Waals surface area (Å²) in [4.78, 5) is 11.0. The van der Waals surface area contributed by atoms with Crippen LogP contribution in [0.1, 0.15) is 36.8 Å². The van der Waals surface area contributed by atoms with Crippen LogP contribution in [0.3, 0.4) is 0 Å². The number of anilines is 1. The van der Waals surface area contributed by atoms with E-state index in [1.807, 2.05) is 48.5 Å². The summed E-state index contributed by atoms with van der Waals surface area (Å²) >= 11 is 0. The lowest BCUT2D eigenvalue weighted by atomic mass is 9.86. The second-order valence-electron chi connectivity index (χ2n) is 6.95. The van der Waals surface area contributed by atoms with E-state index in [0.717, 1.165) is 42.5 Å². The van der Waals surface area contributed by atoms with Gasteiger partial charge in [0.2, 0.25) is 0 Å². The molecule has 3 rings (SSSR count). The number of aliphatic carboxylic acids is 1. The van der Waals surface area contributed by atoms with Gasteiger partial charge in [-0.3, -0.25) is 9.00 Å². The van der Waals surface area contributed by atoms with Gasteiger partial charge in [-0.15, -0.1) is 0 Å². The lowest BCUT2D eigenvalue weighted by molar-refractivity contribution is -0.142. The van der Waals surface area contributed by atoms with Crippen LogP contribution < -0.4 is 5.32 Å². The molecular formula is C21H25NO3S. The van der Waals surface area contributed by atoms with Crippen molar-refractivity contribution in [2.75, 3.05) is 5.32 Å². The van der Waals surface area contributed by atoms with Crippen LogP contribution in [0.25, 0.3) is 0 Å². The fourth-order valence-electron chi connectivity index (χ4n) is 3.47. The Morgan fingerprint density at radius 3 is 2.31 bits per heavy atom. The lowest BCUT2D eigenvalue weighted by Crippen LogP contribution is -2.29. The Bertz CT molecular complexity index is 755. The molecule has 1 unspecified atom stereocenters. The van der Waals surface area contributed by atoms with Crippen LogP contribution in [-0.2, 0) is 27.1 Å². The zero-order valence-corrected chi connectivity index (χ0v) is 15.6. The average molecular weight is 372 g/mol. The monoisotopic (exact) mass is 371 g/mol. The Hall–Kier alpha value is -2.14. The van der Waals surface area contributed by atoms with Crippen LogP contribution in [0, 0.1) is 5.92 Å². The van der Waals surface area contributed by atoms with Crippen LogP contribution in [0.5, 0.6) is 0 Å². The number of hydrogen-bond donors (Lipinski definition) is 2. The van der Waals surface area contributed by atoms with Gasteiger partial charge in [0.15, 0.2) is 0 Å². The molecule has 0 saturated heterocycles. The van der Waals surface area contributed by atoms with E-state index in [0.29, 0.717) is 17.5 Å². The summed E-state index contributed by atoms with van der Waals surface area (Å²) in [7, 11) is -0.940.